The molecule has 1 aromatic carbocycles. The molecule has 5 nitrogen and oxygen atoms in total. The van der Waals surface area contributed by atoms with E-state index in [1.165, 1.54) is 0 Å². The lowest BCUT2D eigenvalue weighted by Crippen LogP contribution is -2.28. The highest BCUT2D eigenvalue weighted by Gasteiger charge is 2.21. The molecule has 5 heteroatoms. The standard InChI is InChI=1S/C17H27N3O2/c1-20(2)11-3-10-18-15-4-6-16(7-5-15)19-17(21)14-8-12-22-13-9-14/h4-7,14,18H,3,8-13H2,1-2H3,(H,19,21). The molecule has 1 aromatic rings. The molecule has 0 bridgehead atoms. The minimum Gasteiger partial charge on any atom is -0.385 e. The Balaban J connectivity index is 1.75. The molecule has 1 fully saturated rings. The third-order valence-electron chi connectivity index (χ3n) is 3.86. The first-order valence-corrected chi connectivity index (χ1v) is 8.02. The number of ether oxygens (including phenoxy) is 1. The third kappa shape index (κ3) is 5.66. The van der Waals surface area contributed by atoms with Crippen LogP contribution >= 0.6 is 0 Å². The Hall–Kier alpha value is -1.59. The van der Waals surface area contributed by atoms with Crippen LogP contribution in [0.3, 0.4) is 0 Å². The van der Waals surface area contributed by atoms with Crippen LogP contribution in [0.5, 0.6) is 0 Å². The van der Waals surface area contributed by atoms with E-state index < -0.39 is 0 Å². The molecule has 22 heavy (non-hydrogen) atoms. The number of nitrogens with zero attached hydrogens (tertiary/aromatic N) is 1. The molecule has 0 radical (unpaired) electrons. The Bertz CT molecular complexity index is 453. The number of amides is 1. The van der Waals surface area contributed by atoms with Crippen LogP contribution in [0.25, 0.3) is 0 Å². The molecule has 1 heterocycles. The van der Waals surface area contributed by atoms with Crippen molar-refractivity contribution in [2.24, 2.45) is 5.92 Å². The van der Waals surface area contributed by atoms with Crippen molar-refractivity contribution in [1.82, 2.24) is 4.90 Å². The molecule has 1 aliphatic rings. The van der Waals surface area contributed by atoms with E-state index in [0.29, 0.717) is 13.2 Å². The fourth-order valence-corrected chi connectivity index (χ4v) is 2.50. The lowest BCUT2D eigenvalue weighted by Gasteiger charge is -2.21. The van der Waals surface area contributed by atoms with Gasteiger partial charge in [0.1, 0.15) is 0 Å². The highest BCUT2D eigenvalue weighted by atomic mass is 16.5. The Morgan fingerprint density at radius 1 is 1.18 bits per heavy atom. The number of anilines is 2. The molecule has 0 aromatic heterocycles. The molecule has 1 aliphatic heterocycles. The van der Waals surface area contributed by atoms with Gasteiger partial charge in [0.15, 0.2) is 0 Å². The van der Waals surface area contributed by atoms with Crippen LogP contribution in [0.2, 0.25) is 0 Å². The summed E-state index contributed by atoms with van der Waals surface area (Å²) in [4.78, 5) is 14.3. The molecule has 0 spiro atoms. The van der Waals surface area contributed by atoms with E-state index in [1.54, 1.807) is 0 Å². The van der Waals surface area contributed by atoms with Crippen molar-refractivity contribution in [3.8, 4) is 0 Å². The van der Waals surface area contributed by atoms with Crippen molar-refractivity contribution >= 4 is 17.3 Å². The van der Waals surface area contributed by atoms with Gasteiger partial charge in [-0.2, -0.15) is 0 Å². The molecule has 2 rings (SSSR count). The fraction of sp³-hybridized carbons (Fsp3) is 0.588. The molecular weight excluding hydrogens is 278 g/mol. The first-order chi connectivity index (χ1) is 10.6. The van der Waals surface area contributed by atoms with E-state index in [9.17, 15) is 4.79 Å². The summed E-state index contributed by atoms with van der Waals surface area (Å²) in [6.07, 6.45) is 2.74. The lowest BCUT2D eigenvalue weighted by molar-refractivity contribution is -0.122. The summed E-state index contributed by atoms with van der Waals surface area (Å²) in [5.41, 5.74) is 1.94. The zero-order valence-corrected chi connectivity index (χ0v) is 13.6. The summed E-state index contributed by atoms with van der Waals surface area (Å²) in [5.74, 6) is 0.188. The van der Waals surface area contributed by atoms with Crippen LogP contribution in [0.1, 0.15) is 19.3 Å². The van der Waals surface area contributed by atoms with Crippen molar-refractivity contribution in [2.45, 2.75) is 19.3 Å². The second-order valence-electron chi connectivity index (χ2n) is 6.04. The second-order valence-corrected chi connectivity index (χ2v) is 6.04. The lowest BCUT2D eigenvalue weighted by atomic mass is 9.99. The quantitative estimate of drug-likeness (QED) is 0.760. The third-order valence-corrected chi connectivity index (χ3v) is 3.86. The van der Waals surface area contributed by atoms with E-state index >= 15 is 0 Å². The zero-order chi connectivity index (χ0) is 15.8. The maximum atomic E-state index is 12.1. The number of hydrogen-bond donors (Lipinski definition) is 2. The van der Waals surface area contributed by atoms with Crippen molar-refractivity contribution in [2.75, 3.05) is 51.0 Å². The summed E-state index contributed by atoms with van der Waals surface area (Å²) in [6, 6.07) is 7.92. The molecule has 0 unspecified atom stereocenters. The van der Waals surface area contributed by atoms with E-state index in [4.69, 9.17) is 4.74 Å². The van der Waals surface area contributed by atoms with Crippen LogP contribution in [-0.4, -0.2) is 51.2 Å². The SMILES string of the molecule is CN(C)CCCNc1ccc(NC(=O)C2CCOCC2)cc1. The Kier molecular flexibility index (Phi) is 6.68. The van der Waals surface area contributed by atoms with E-state index in [2.05, 4.69) is 29.6 Å². The predicted octanol–water partition coefficient (Wildman–Crippen LogP) is 2.42. The van der Waals surface area contributed by atoms with Crippen molar-refractivity contribution in [3.05, 3.63) is 24.3 Å². The number of carbonyl (C=O) groups excluding carboxylic acids is 1. The average Bonchev–Trinajstić information content (AvgIpc) is 2.54. The van der Waals surface area contributed by atoms with Crippen LogP contribution in [-0.2, 0) is 9.53 Å². The van der Waals surface area contributed by atoms with E-state index in [0.717, 1.165) is 43.7 Å². The maximum absolute atomic E-state index is 12.1. The number of carbonyl (C=O) groups is 1. The summed E-state index contributed by atoms with van der Waals surface area (Å²) < 4.78 is 5.29. The van der Waals surface area contributed by atoms with Gasteiger partial charge in [-0.1, -0.05) is 0 Å². The van der Waals surface area contributed by atoms with E-state index in [1.807, 2.05) is 24.3 Å². The first kappa shape index (κ1) is 16.8. The zero-order valence-electron chi connectivity index (χ0n) is 13.6. The smallest absolute Gasteiger partial charge is 0.227 e. The topological polar surface area (TPSA) is 53.6 Å². The Morgan fingerprint density at radius 2 is 1.82 bits per heavy atom. The van der Waals surface area contributed by atoms with Gasteiger partial charge in [-0.05, 0) is 64.2 Å². The molecule has 1 saturated heterocycles. The summed E-state index contributed by atoms with van der Waals surface area (Å²) in [6.45, 7) is 3.40. The van der Waals surface area contributed by atoms with Gasteiger partial charge >= 0.3 is 0 Å². The number of rotatable bonds is 7. The monoisotopic (exact) mass is 305 g/mol. The minimum atomic E-state index is 0.0811. The molecule has 1 amide bonds. The summed E-state index contributed by atoms with van der Waals surface area (Å²) >= 11 is 0. The fourth-order valence-electron chi connectivity index (χ4n) is 2.50. The normalized spacial score (nSPS) is 15.8. The van der Waals surface area contributed by atoms with Gasteiger partial charge in [-0.25, -0.2) is 0 Å². The molecular formula is C17H27N3O2. The van der Waals surface area contributed by atoms with Gasteiger partial charge in [-0.15, -0.1) is 0 Å². The second kappa shape index (κ2) is 8.76. The largest absolute Gasteiger partial charge is 0.385 e. The van der Waals surface area contributed by atoms with Gasteiger partial charge in [0.05, 0.1) is 0 Å². The molecule has 0 atom stereocenters. The van der Waals surface area contributed by atoms with Gasteiger partial charge in [0, 0.05) is 37.1 Å². The van der Waals surface area contributed by atoms with Crippen molar-refractivity contribution < 1.29 is 9.53 Å². The molecule has 0 saturated carbocycles. The van der Waals surface area contributed by atoms with Crippen LogP contribution in [0.4, 0.5) is 11.4 Å². The maximum Gasteiger partial charge on any atom is 0.227 e. The highest BCUT2D eigenvalue weighted by Crippen LogP contribution is 2.19. The summed E-state index contributed by atoms with van der Waals surface area (Å²) in [7, 11) is 4.16. The Morgan fingerprint density at radius 3 is 2.45 bits per heavy atom. The molecule has 122 valence electrons. The van der Waals surface area contributed by atoms with Gasteiger partial charge < -0.3 is 20.3 Å². The highest BCUT2D eigenvalue weighted by molar-refractivity contribution is 5.92. The van der Waals surface area contributed by atoms with Crippen LogP contribution < -0.4 is 10.6 Å². The first-order valence-electron chi connectivity index (χ1n) is 8.02. The minimum absolute atomic E-state index is 0.0811. The van der Waals surface area contributed by atoms with Gasteiger partial charge in [-0.3, -0.25) is 4.79 Å². The molecule has 0 aliphatic carbocycles. The van der Waals surface area contributed by atoms with E-state index in [-0.39, 0.29) is 11.8 Å². The average molecular weight is 305 g/mol. The van der Waals surface area contributed by atoms with Crippen LogP contribution in [0.15, 0.2) is 24.3 Å². The van der Waals surface area contributed by atoms with Gasteiger partial charge in [0.2, 0.25) is 5.91 Å². The predicted molar refractivity (Wildman–Crippen MR) is 90.3 cm³/mol. The number of benzene rings is 1. The van der Waals surface area contributed by atoms with Gasteiger partial charge in [0.25, 0.3) is 0 Å². The number of hydrogen-bond acceptors (Lipinski definition) is 4. The van der Waals surface area contributed by atoms with Crippen molar-refractivity contribution in [1.29, 1.82) is 0 Å². The molecule has 2 N–H and O–H groups in total. The number of nitrogens with one attached hydrogen (secondary N) is 2. The Labute approximate surface area is 133 Å². The van der Waals surface area contributed by atoms with Crippen LogP contribution in [0, 0.1) is 5.92 Å². The van der Waals surface area contributed by atoms with Crippen molar-refractivity contribution in [3.63, 3.8) is 0 Å². The summed E-state index contributed by atoms with van der Waals surface area (Å²) in [5, 5.41) is 6.38.